The molecule has 1 aliphatic heterocycles. The van der Waals surface area contributed by atoms with Gasteiger partial charge in [0.1, 0.15) is 17.7 Å². The molecule has 0 spiro atoms. The van der Waals surface area contributed by atoms with E-state index in [1.807, 2.05) is 17.6 Å². The van der Waals surface area contributed by atoms with Crippen molar-refractivity contribution in [3.8, 4) is 0 Å². The molecule has 122 valence electrons. The van der Waals surface area contributed by atoms with Crippen molar-refractivity contribution in [1.29, 1.82) is 0 Å². The molecule has 0 saturated carbocycles. The zero-order valence-electron chi connectivity index (χ0n) is 13.5. The number of aromatic nitrogens is 3. The highest BCUT2D eigenvalue weighted by Gasteiger charge is 2.32. The molecule has 1 amide bonds. The third-order valence-corrected chi connectivity index (χ3v) is 4.24. The molecule has 3 rings (SSSR count). The number of hydrogen-bond donors (Lipinski definition) is 0. The molecule has 1 aromatic heterocycles. The summed E-state index contributed by atoms with van der Waals surface area (Å²) in [7, 11) is 0. The Balaban J connectivity index is 1.81. The molecule has 2 aromatic rings. The van der Waals surface area contributed by atoms with E-state index in [0.717, 1.165) is 36.5 Å². The highest BCUT2D eigenvalue weighted by atomic mass is 19.1. The second kappa shape index (κ2) is 6.48. The number of rotatable bonds is 5. The number of amides is 1. The predicted molar refractivity (Wildman–Crippen MR) is 84.0 cm³/mol. The van der Waals surface area contributed by atoms with Crippen molar-refractivity contribution in [3.05, 3.63) is 47.3 Å². The summed E-state index contributed by atoms with van der Waals surface area (Å²) in [5.41, 5.74) is 0.782. The molecule has 5 nitrogen and oxygen atoms in total. The Morgan fingerprint density at radius 2 is 2.17 bits per heavy atom. The minimum atomic E-state index is -0.311. The van der Waals surface area contributed by atoms with Crippen LogP contribution in [0.25, 0.3) is 0 Å². The monoisotopic (exact) mass is 316 g/mol. The van der Waals surface area contributed by atoms with Crippen LogP contribution in [0.4, 0.5) is 4.39 Å². The summed E-state index contributed by atoms with van der Waals surface area (Å²) in [6.07, 6.45) is 2.95. The molecular weight excluding hydrogens is 295 g/mol. The first-order valence-corrected chi connectivity index (χ1v) is 8.06. The van der Waals surface area contributed by atoms with Gasteiger partial charge in [-0.05, 0) is 31.0 Å². The fourth-order valence-corrected chi connectivity index (χ4v) is 3.03. The van der Waals surface area contributed by atoms with Crippen LogP contribution in [0.2, 0.25) is 0 Å². The summed E-state index contributed by atoms with van der Waals surface area (Å²) < 4.78 is 15.3. The zero-order chi connectivity index (χ0) is 16.4. The van der Waals surface area contributed by atoms with Gasteiger partial charge < -0.3 is 9.47 Å². The first-order valence-electron chi connectivity index (χ1n) is 8.06. The number of benzene rings is 1. The highest BCUT2D eigenvalue weighted by Crippen LogP contribution is 2.25. The van der Waals surface area contributed by atoms with Gasteiger partial charge >= 0.3 is 0 Å². The summed E-state index contributed by atoms with van der Waals surface area (Å²) >= 11 is 0. The smallest absolute Gasteiger partial charge is 0.246 e. The van der Waals surface area contributed by atoms with E-state index in [2.05, 4.69) is 17.1 Å². The molecule has 0 saturated heterocycles. The molecule has 1 aromatic carbocycles. The van der Waals surface area contributed by atoms with E-state index < -0.39 is 0 Å². The predicted octanol–water partition coefficient (Wildman–Crippen LogP) is 2.86. The highest BCUT2D eigenvalue weighted by molar-refractivity contribution is 5.81. The lowest BCUT2D eigenvalue weighted by molar-refractivity contribution is -0.137. The maximum atomic E-state index is 13.3. The molecule has 1 aliphatic rings. The van der Waals surface area contributed by atoms with Gasteiger partial charge in [-0.25, -0.2) is 4.39 Å². The molecule has 0 N–H and O–H groups in total. The van der Waals surface area contributed by atoms with Gasteiger partial charge in [0, 0.05) is 13.0 Å². The second-order valence-corrected chi connectivity index (χ2v) is 6.01. The third-order valence-electron chi connectivity index (χ3n) is 4.24. The molecule has 0 bridgehead atoms. The topological polar surface area (TPSA) is 51.0 Å². The van der Waals surface area contributed by atoms with Crippen LogP contribution in [0, 0.1) is 5.82 Å². The van der Waals surface area contributed by atoms with Crippen LogP contribution in [0.5, 0.6) is 0 Å². The minimum Gasteiger partial charge on any atom is -0.329 e. The van der Waals surface area contributed by atoms with Crippen molar-refractivity contribution >= 4 is 5.91 Å². The maximum absolute atomic E-state index is 13.3. The number of carbonyl (C=O) groups is 1. The Kier molecular flexibility index (Phi) is 4.41. The zero-order valence-corrected chi connectivity index (χ0v) is 13.5. The normalized spacial score (nSPS) is 17.4. The molecule has 6 heteroatoms. The number of hydrogen-bond acceptors (Lipinski definition) is 3. The minimum absolute atomic E-state index is 0.0271. The molecule has 0 aliphatic carbocycles. The van der Waals surface area contributed by atoms with Gasteiger partial charge in [0.25, 0.3) is 0 Å². The Labute approximate surface area is 135 Å². The van der Waals surface area contributed by atoms with Crippen molar-refractivity contribution in [2.75, 3.05) is 0 Å². The largest absolute Gasteiger partial charge is 0.329 e. The van der Waals surface area contributed by atoms with Crippen LogP contribution < -0.4 is 0 Å². The molecular formula is C17H21FN4O. The number of unbranched alkanes of at least 4 members (excludes halogenated alkanes) is 1. The summed E-state index contributed by atoms with van der Waals surface area (Å²) in [5.74, 6) is 1.43. The molecule has 0 unspecified atom stereocenters. The van der Waals surface area contributed by atoms with Crippen molar-refractivity contribution in [3.63, 3.8) is 0 Å². The van der Waals surface area contributed by atoms with Crippen LogP contribution in [-0.4, -0.2) is 25.6 Å². The summed E-state index contributed by atoms with van der Waals surface area (Å²) in [5, 5.41) is 8.50. The van der Waals surface area contributed by atoms with Crippen molar-refractivity contribution in [1.82, 2.24) is 19.7 Å². The lowest BCUT2D eigenvalue weighted by Gasteiger charge is -2.32. The lowest BCUT2D eigenvalue weighted by atomic mass is 10.1. The Hall–Kier alpha value is -2.24. The van der Waals surface area contributed by atoms with Gasteiger partial charge in [0.05, 0.1) is 6.54 Å². The standard InChI is InChI=1S/C17H21FN4O/c1-3-4-8-15-19-20-16-11-21(17(23)12(2)22(15)16)10-13-6-5-7-14(18)9-13/h5-7,9,12H,3-4,8,10-11H2,1-2H3/t12-/m0/s1. The average molecular weight is 316 g/mol. The molecule has 0 radical (unpaired) electrons. The SMILES string of the molecule is CCCCc1nnc2n1[C@@H](C)C(=O)N(Cc1cccc(F)c1)C2. The van der Waals surface area contributed by atoms with E-state index in [4.69, 9.17) is 0 Å². The first-order chi connectivity index (χ1) is 11.1. The number of fused-ring (bicyclic) bond motifs is 1. The molecule has 23 heavy (non-hydrogen) atoms. The quantitative estimate of drug-likeness (QED) is 0.852. The Morgan fingerprint density at radius 1 is 1.35 bits per heavy atom. The summed E-state index contributed by atoms with van der Waals surface area (Å²) in [6, 6.07) is 6.04. The molecule has 0 fully saturated rings. The lowest BCUT2D eigenvalue weighted by Crippen LogP contribution is -2.41. The van der Waals surface area contributed by atoms with E-state index in [0.29, 0.717) is 13.1 Å². The van der Waals surface area contributed by atoms with Crippen molar-refractivity contribution < 1.29 is 9.18 Å². The Bertz CT molecular complexity index is 712. The van der Waals surface area contributed by atoms with Gasteiger partial charge in [-0.3, -0.25) is 4.79 Å². The van der Waals surface area contributed by atoms with Crippen molar-refractivity contribution in [2.24, 2.45) is 0 Å². The van der Waals surface area contributed by atoms with E-state index in [1.165, 1.54) is 12.1 Å². The van der Waals surface area contributed by atoms with Gasteiger partial charge in [-0.15, -0.1) is 10.2 Å². The maximum Gasteiger partial charge on any atom is 0.246 e. The van der Waals surface area contributed by atoms with Crippen LogP contribution in [0.15, 0.2) is 24.3 Å². The number of aryl methyl sites for hydroxylation is 1. The second-order valence-electron chi connectivity index (χ2n) is 6.01. The van der Waals surface area contributed by atoms with Gasteiger partial charge in [-0.2, -0.15) is 0 Å². The Morgan fingerprint density at radius 3 is 2.91 bits per heavy atom. The number of nitrogens with zero attached hydrogens (tertiary/aromatic N) is 4. The summed E-state index contributed by atoms with van der Waals surface area (Å²) in [4.78, 5) is 14.4. The molecule has 1 atom stereocenters. The van der Waals surface area contributed by atoms with Gasteiger partial charge in [-0.1, -0.05) is 25.5 Å². The van der Waals surface area contributed by atoms with Gasteiger partial charge in [0.15, 0.2) is 5.82 Å². The van der Waals surface area contributed by atoms with E-state index >= 15 is 0 Å². The number of halogens is 1. The van der Waals surface area contributed by atoms with Crippen LogP contribution in [0.3, 0.4) is 0 Å². The van der Waals surface area contributed by atoms with E-state index in [1.54, 1.807) is 11.0 Å². The van der Waals surface area contributed by atoms with Crippen LogP contribution in [-0.2, 0) is 24.3 Å². The van der Waals surface area contributed by atoms with E-state index in [-0.39, 0.29) is 17.8 Å². The van der Waals surface area contributed by atoms with E-state index in [9.17, 15) is 9.18 Å². The summed E-state index contributed by atoms with van der Waals surface area (Å²) in [6.45, 7) is 4.81. The number of carbonyl (C=O) groups excluding carboxylic acids is 1. The first kappa shape index (κ1) is 15.6. The fraction of sp³-hybridized carbons (Fsp3) is 0.471. The van der Waals surface area contributed by atoms with Crippen LogP contribution >= 0.6 is 0 Å². The van der Waals surface area contributed by atoms with Gasteiger partial charge in [0.2, 0.25) is 5.91 Å². The fourth-order valence-electron chi connectivity index (χ4n) is 3.03. The van der Waals surface area contributed by atoms with Crippen LogP contribution in [0.1, 0.15) is 49.9 Å². The third kappa shape index (κ3) is 3.11. The average Bonchev–Trinajstić information content (AvgIpc) is 2.93. The van der Waals surface area contributed by atoms with Crippen molar-refractivity contribution in [2.45, 2.75) is 52.2 Å². The molecule has 2 heterocycles.